The summed E-state index contributed by atoms with van der Waals surface area (Å²) < 4.78 is 23.4. The van der Waals surface area contributed by atoms with Crippen LogP contribution in [0.4, 0.5) is 14.9 Å². The molecule has 10 heteroatoms. The molecule has 1 saturated heterocycles. The second-order valence-corrected chi connectivity index (χ2v) is 6.84. The number of benzene rings is 2. The molecule has 2 aromatic rings. The molecule has 0 radical (unpaired) electrons. The Hall–Kier alpha value is -3.53. The Morgan fingerprint density at radius 2 is 1.87 bits per heavy atom. The number of halogens is 2. The molecule has 1 aliphatic heterocycles. The number of amides is 4. The quantitative estimate of drug-likeness (QED) is 0.404. The molecule has 1 N–H and O–H groups in total. The molecule has 0 bridgehead atoms. The highest BCUT2D eigenvalue weighted by molar-refractivity contribution is 9.10. The molecule has 0 spiro atoms. The molecule has 2 aromatic carbocycles. The number of barbiturate groups is 1. The molecule has 0 saturated carbocycles. The van der Waals surface area contributed by atoms with E-state index in [9.17, 15) is 23.6 Å². The summed E-state index contributed by atoms with van der Waals surface area (Å²) in [6.45, 7) is -0.287. The zero-order valence-electron chi connectivity index (χ0n) is 15.5. The average Bonchev–Trinajstić information content (AvgIpc) is 2.71. The third kappa shape index (κ3) is 4.54. The molecular weight excluding hydrogens is 463 g/mol. The van der Waals surface area contributed by atoms with Crippen molar-refractivity contribution in [2.24, 2.45) is 0 Å². The standard InChI is InChI=1S/C20H14BrFN2O6/c1-29-17(25)10-30-16-7-2-11(9-15(16)21)8-14-18(26)23-20(28)24(19(14)27)13-5-3-12(22)4-6-13/h2-9H,10H2,1H3,(H,23,26,28)/b14-8+. The van der Waals surface area contributed by atoms with E-state index >= 15 is 0 Å². The number of carbonyl (C=O) groups excluding carboxylic acids is 4. The summed E-state index contributed by atoms with van der Waals surface area (Å²) in [6, 6.07) is 8.44. The first kappa shape index (κ1) is 21.2. The van der Waals surface area contributed by atoms with Crippen LogP contribution < -0.4 is 15.0 Å². The molecule has 4 amide bonds. The number of nitrogens with one attached hydrogen (secondary N) is 1. The second kappa shape index (κ2) is 8.87. The first-order valence-corrected chi connectivity index (χ1v) is 9.25. The molecular formula is C20H14BrFN2O6. The van der Waals surface area contributed by atoms with Crippen LogP contribution in [0.15, 0.2) is 52.5 Å². The number of carbonyl (C=O) groups is 4. The highest BCUT2D eigenvalue weighted by atomic mass is 79.9. The van der Waals surface area contributed by atoms with Gasteiger partial charge in [0.05, 0.1) is 17.3 Å². The van der Waals surface area contributed by atoms with E-state index in [1.165, 1.54) is 31.4 Å². The number of hydrogen-bond donors (Lipinski definition) is 1. The van der Waals surface area contributed by atoms with Crippen LogP contribution in [0.1, 0.15) is 5.56 Å². The summed E-state index contributed by atoms with van der Waals surface area (Å²) in [6.07, 6.45) is 1.30. The topological polar surface area (TPSA) is 102 Å². The van der Waals surface area contributed by atoms with Crippen LogP contribution in [0, 0.1) is 5.82 Å². The van der Waals surface area contributed by atoms with Gasteiger partial charge in [0.1, 0.15) is 17.1 Å². The SMILES string of the molecule is COC(=O)COc1ccc(/C=C2\C(=O)NC(=O)N(c3ccc(F)cc3)C2=O)cc1Br. The van der Waals surface area contributed by atoms with E-state index in [1.54, 1.807) is 12.1 Å². The van der Waals surface area contributed by atoms with Crippen LogP contribution in [-0.2, 0) is 19.1 Å². The Balaban J connectivity index is 1.88. The summed E-state index contributed by atoms with van der Waals surface area (Å²) in [5, 5.41) is 2.09. The van der Waals surface area contributed by atoms with Gasteiger partial charge >= 0.3 is 12.0 Å². The number of imide groups is 2. The molecule has 3 rings (SSSR count). The fraction of sp³-hybridized carbons (Fsp3) is 0.100. The normalized spacial score (nSPS) is 15.2. The van der Waals surface area contributed by atoms with Crippen LogP contribution in [0.2, 0.25) is 0 Å². The largest absolute Gasteiger partial charge is 0.481 e. The smallest absolute Gasteiger partial charge is 0.343 e. The Morgan fingerprint density at radius 3 is 2.50 bits per heavy atom. The third-order valence-electron chi connectivity index (χ3n) is 4.03. The molecule has 154 valence electrons. The van der Waals surface area contributed by atoms with Crippen molar-refractivity contribution in [3.05, 3.63) is 63.9 Å². The number of hydrogen-bond acceptors (Lipinski definition) is 6. The maximum atomic E-state index is 13.2. The summed E-state index contributed by atoms with van der Waals surface area (Å²) in [7, 11) is 1.24. The molecule has 0 aliphatic carbocycles. The molecule has 0 atom stereocenters. The number of ether oxygens (including phenoxy) is 2. The number of rotatable bonds is 5. The van der Waals surface area contributed by atoms with E-state index in [4.69, 9.17) is 4.74 Å². The molecule has 1 heterocycles. The minimum Gasteiger partial charge on any atom is -0.481 e. The summed E-state index contributed by atoms with van der Waals surface area (Å²) in [4.78, 5) is 49.1. The maximum absolute atomic E-state index is 13.2. The van der Waals surface area contributed by atoms with E-state index in [0.717, 1.165) is 17.0 Å². The van der Waals surface area contributed by atoms with Crippen molar-refractivity contribution in [2.75, 3.05) is 18.6 Å². The Morgan fingerprint density at radius 1 is 1.17 bits per heavy atom. The Bertz CT molecular complexity index is 1070. The van der Waals surface area contributed by atoms with Gasteiger partial charge in [-0.1, -0.05) is 6.07 Å². The van der Waals surface area contributed by atoms with Crippen LogP contribution >= 0.6 is 15.9 Å². The lowest BCUT2D eigenvalue weighted by molar-refractivity contribution is -0.143. The fourth-order valence-electron chi connectivity index (χ4n) is 2.57. The molecule has 30 heavy (non-hydrogen) atoms. The van der Waals surface area contributed by atoms with E-state index in [-0.39, 0.29) is 17.9 Å². The molecule has 8 nitrogen and oxygen atoms in total. The third-order valence-corrected chi connectivity index (χ3v) is 4.65. The van der Waals surface area contributed by atoms with Crippen LogP contribution in [-0.4, -0.2) is 37.5 Å². The number of nitrogens with zero attached hydrogens (tertiary/aromatic N) is 1. The predicted molar refractivity (Wildman–Crippen MR) is 107 cm³/mol. The second-order valence-electron chi connectivity index (χ2n) is 5.99. The highest BCUT2D eigenvalue weighted by Gasteiger charge is 2.36. The van der Waals surface area contributed by atoms with Gasteiger partial charge < -0.3 is 9.47 Å². The van der Waals surface area contributed by atoms with Gasteiger partial charge in [0.15, 0.2) is 6.61 Å². The summed E-state index contributed by atoms with van der Waals surface area (Å²) in [5.41, 5.74) is 0.290. The van der Waals surface area contributed by atoms with Gasteiger partial charge in [-0.05, 0) is 64.0 Å². The van der Waals surface area contributed by atoms with Gasteiger partial charge in [-0.15, -0.1) is 0 Å². The van der Waals surface area contributed by atoms with E-state index in [0.29, 0.717) is 15.8 Å². The molecule has 1 fully saturated rings. The van der Waals surface area contributed by atoms with Gasteiger partial charge in [0, 0.05) is 0 Å². The van der Waals surface area contributed by atoms with Crippen molar-refractivity contribution in [2.45, 2.75) is 0 Å². The zero-order valence-corrected chi connectivity index (χ0v) is 17.1. The lowest BCUT2D eigenvalue weighted by Gasteiger charge is -2.26. The lowest BCUT2D eigenvalue weighted by atomic mass is 10.1. The van der Waals surface area contributed by atoms with Gasteiger partial charge in [-0.2, -0.15) is 0 Å². The van der Waals surface area contributed by atoms with Crippen LogP contribution in [0.25, 0.3) is 6.08 Å². The molecule has 0 unspecified atom stereocenters. The summed E-state index contributed by atoms with van der Waals surface area (Å²) >= 11 is 3.29. The highest BCUT2D eigenvalue weighted by Crippen LogP contribution is 2.28. The maximum Gasteiger partial charge on any atom is 0.343 e. The first-order chi connectivity index (χ1) is 14.3. The monoisotopic (exact) mass is 476 g/mol. The number of anilines is 1. The van der Waals surface area contributed by atoms with Crippen molar-refractivity contribution >= 4 is 51.5 Å². The Labute approximate surface area is 178 Å². The summed E-state index contributed by atoms with van der Waals surface area (Å²) in [5.74, 6) is -2.44. The van der Waals surface area contributed by atoms with Crippen LogP contribution in [0.5, 0.6) is 5.75 Å². The van der Waals surface area contributed by atoms with Gasteiger partial charge in [-0.3, -0.25) is 14.9 Å². The molecule has 1 aliphatic rings. The van der Waals surface area contributed by atoms with Crippen molar-refractivity contribution in [1.29, 1.82) is 0 Å². The van der Waals surface area contributed by atoms with Crippen molar-refractivity contribution in [3.63, 3.8) is 0 Å². The minimum atomic E-state index is -0.929. The average molecular weight is 477 g/mol. The Kier molecular flexibility index (Phi) is 6.26. The van der Waals surface area contributed by atoms with Gasteiger partial charge in [0.25, 0.3) is 11.8 Å². The fourth-order valence-corrected chi connectivity index (χ4v) is 3.08. The predicted octanol–water partition coefficient (Wildman–Crippen LogP) is 2.81. The number of methoxy groups -OCH3 is 1. The zero-order chi connectivity index (χ0) is 21.8. The van der Waals surface area contributed by atoms with E-state index < -0.39 is 29.6 Å². The number of urea groups is 1. The first-order valence-electron chi connectivity index (χ1n) is 8.46. The van der Waals surface area contributed by atoms with E-state index in [2.05, 4.69) is 26.0 Å². The van der Waals surface area contributed by atoms with Crippen LogP contribution in [0.3, 0.4) is 0 Å². The van der Waals surface area contributed by atoms with Gasteiger partial charge in [-0.25, -0.2) is 18.9 Å². The van der Waals surface area contributed by atoms with Crippen molar-refractivity contribution < 1.29 is 33.0 Å². The number of esters is 1. The molecule has 0 aromatic heterocycles. The van der Waals surface area contributed by atoms with Crippen molar-refractivity contribution in [3.8, 4) is 5.75 Å². The minimum absolute atomic E-state index is 0.116. The van der Waals surface area contributed by atoms with E-state index in [1.807, 2.05) is 0 Å². The van der Waals surface area contributed by atoms with Crippen molar-refractivity contribution in [1.82, 2.24) is 5.32 Å². The lowest BCUT2D eigenvalue weighted by Crippen LogP contribution is -2.54. The van der Waals surface area contributed by atoms with Gasteiger partial charge in [0.2, 0.25) is 0 Å².